The smallest absolute Gasteiger partial charge is 0.234 e. The summed E-state index contributed by atoms with van der Waals surface area (Å²) in [5, 5.41) is 11.6. The molecule has 1 aliphatic rings. The minimum absolute atomic E-state index is 0.149. The highest BCUT2D eigenvalue weighted by molar-refractivity contribution is 7.99. The fraction of sp³-hybridized carbons (Fsp3) is 0.318. The first-order valence-corrected chi connectivity index (χ1v) is 11.4. The lowest BCUT2D eigenvalue weighted by molar-refractivity contribution is -0.122. The van der Waals surface area contributed by atoms with E-state index in [0.717, 1.165) is 30.9 Å². The molecule has 3 heterocycles. The van der Waals surface area contributed by atoms with Crippen molar-refractivity contribution in [3.8, 4) is 5.69 Å². The number of nitrogens with two attached hydrogens (primary N) is 1. The van der Waals surface area contributed by atoms with Crippen molar-refractivity contribution in [3.05, 3.63) is 54.5 Å². The summed E-state index contributed by atoms with van der Waals surface area (Å²) in [4.78, 5) is 30.4. The third-order valence-corrected chi connectivity index (χ3v) is 6.28. The predicted molar refractivity (Wildman–Crippen MR) is 124 cm³/mol. The second-order valence-corrected chi connectivity index (χ2v) is 8.69. The van der Waals surface area contributed by atoms with Gasteiger partial charge in [-0.25, -0.2) is 4.98 Å². The average Bonchev–Trinajstić information content (AvgIpc) is 3.27. The van der Waals surface area contributed by atoms with Crippen molar-refractivity contribution in [2.24, 2.45) is 11.7 Å². The summed E-state index contributed by atoms with van der Waals surface area (Å²) < 4.78 is 1.85. The van der Waals surface area contributed by atoms with Gasteiger partial charge in [0, 0.05) is 18.8 Å². The molecule has 1 atom stereocenters. The molecule has 9 nitrogen and oxygen atoms in total. The van der Waals surface area contributed by atoms with E-state index in [0.29, 0.717) is 17.4 Å². The molecule has 3 aromatic rings. The summed E-state index contributed by atoms with van der Waals surface area (Å²) in [7, 11) is 0. The number of primary amides is 1. The van der Waals surface area contributed by atoms with Crippen molar-refractivity contribution in [2.45, 2.75) is 24.9 Å². The molecule has 1 fully saturated rings. The fourth-order valence-electron chi connectivity index (χ4n) is 3.60. The van der Waals surface area contributed by atoms with Crippen LogP contribution in [0.15, 0.2) is 54.1 Å². The molecule has 3 N–H and O–H groups in total. The van der Waals surface area contributed by atoms with Crippen LogP contribution in [-0.4, -0.2) is 50.4 Å². The zero-order valence-electron chi connectivity index (χ0n) is 17.8. The van der Waals surface area contributed by atoms with Gasteiger partial charge in [-0.15, -0.1) is 10.2 Å². The lowest BCUT2D eigenvalue weighted by atomic mass is 9.97. The molecule has 0 saturated carbocycles. The summed E-state index contributed by atoms with van der Waals surface area (Å²) >= 11 is 1.31. The van der Waals surface area contributed by atoms with E-state index < -0.39 is 0 Å². The molecule has 0 spiro atoms. The molecule has 0 radical (unpaired) electrons. The van der Waals surface area contributed by atoms with Crippen LogP contribution in [-0.2, 0) is 9.59 Å². The molecule has 0 bridgehead atoms. The van der Waals surface area contributed by atoms with Gasteiger partial charge >= 0.3 is 0 Å². The molecule has 10 heteroatoms. The number of hydrogen-bond acceptors (Lipinski definition) is 7. The van der Waals surface area contributed by atoms with Crippen LogP contribution in [0.4, 0.5) is 11.5 Å². The zero-order chi connectivity index (χ0) is 22.5. The largest absolute Gasteiger partial charge is 0.369 e. The van der Waals surface area contributed by atoms with E-state index in [1.807, 2.05) is 47.9 Å². The van der Waals surface area contributed by atoms with Crippen LogP contribution < -0.4 is 16.0 Å². The van der Waals surface area contributed by atoms with E-state index in [1.165, 1.54) is 17.3 Å². The van der Waals surface area contributed by atoms with Gasteiger partial charge in [0.2, 0.25) is 11.8 Å². The van der Waals surface area contributed by atoms with Gasteiger partial charge < -0.3 is 16.0 Å². The predicted octanol–water partition coefficient (Wildman–Crippen LogP) is 2.40. The molecule has 32 heavy (non-hydrogen) atoms. The molecule has 1 aliphatic heterocycles. The molecule has 4 rings (SSSR count). The van der Waals surface area contributed by atoms with Crippen LogP contribution in [0.3, 0.4) is 0 Å². The van der Waals surface area contributed by atoms with Crippen LogP contribution in [0, 0.1) is 12.8 Å². The summed E-state index contributed by atoms with van der Waals surface area (Å²) in [6.07, 6.45) is 4.98. The van der Waals surface area contributed by atoms with Crippen molar-refractivity contribution in [2.75, 3.05) is 29.1 Å². The van der Waals surface area contributed by atoms with Crippen molar-refractivity contribution in [3.63, 3.8) is 0 Å². The molecule has 2 aromatic heterocycles. The summed E-state index contributed by atoms with van der Waals surface area (Å²) in [6, 6.07) is 11.7. The minimum Gasteiger partial charge on any atom is -0.369 e. The number of nitrogens with zero attached hydrogens (tertiary/aromatic N) is 5. The number of carbonyl (C=O) groups excluding carboxylic acids is 2. The van der Waals surface area contributed by atoms with Crippen LogP contribution in [0.2, 0.25) is 0 Å². The van der Waals surface area contributed by atoms with E-state index in [4.69, 9.17) is 5.73 Å². The minimum atomic E-state index is -0.269. The average molecular weight is 452 g/mol. The Morgan fingerprint density at radius 2 is 2.03 bits per heavy atom. The highest BCUT2D eigenvalue weighted by atomic mass is 32.2. The highest BCUT2D eigenvalue weighted by Crippen LogP contribution is 2.23. The number of carbonyl (C=O) groups is 2. The maximum absolute atomic E-state index is 12.4. The number of aryl methyl sites for hydroxylation is 1. The Kier molecular flexibility index (Phi) is 6.69. The van der Waals surface area contributed by atoms with E-state index in [-0.39, 0.29) is 23.5 Å². The van der Waals surface area contributed by atoms with Gasteiger partial charge in [0.1, 0.15) is 12.1 Å². The highest BCUT2D eigenvalue weighted by Gasteiger charge is 2.24. The number of rotatable bonds is 7. The Labute approximate surface area is 190 Å². The second kappa shape index (κ2) is 9.82. The summed E-state index contributed by atoms with van der Waals surface area (Å²) in [5.41, 5.74) is 8.18. The number of thioether (sulfide) groups is 1. The maximum Gasteiger partial charge on any atom is 0.234 e. The lowest BCUT2D eigenvalue weighted by Gasteiger charge is -2.32. The molecular weight excluding hydrogens is 426 g/mol. The Morgan fingerprint density at radius 1 is 1.22 bits per heavy atom. The van der Waals surface area contributed by atoms with Crippen LogP contribution in [0.25, 0.3) is 5.69 Å². The van der Waals surface area contributed by atoms with Crippen LogP contribution in [0.1, 0.15) is 18.4 Å². The summed E-state index contributed by atoms with van der Waals surface area (Å²) in [5.74, 6) is 0.390. The van der Waals surface area contributed by atoms with Crippen molar-refractivity contribution in [1.82, 2.24) is 19.7 Å². The first-order chi connectivity index (χ1) is 15.5. The van der Waals surface area contributed by atoms with E-state index in [9.17, 15) is 9.59 Å². The van der Waals surface area contributed by atoms with E-state index in [2.05, 4.69) is 25.4 Å². The quantitative estimate of drug-likeness (QED) is 0.530. The number of nitrogens with one attached hydrogen (secondary N) is 1. The molecular formula is C22H25N7O2S. The molecule has 0 aliphatic carbocycles. The third-order valence-electron chi connectivity index (χ3n) is 5.34. The van der Waals surface area contributed by atoms with Gasteiger partial charge in [-0.05, 0) is 44.0 Å². The Hall–Kier alpha value is -3.40. The molecule has 166 valence electrons. The van der Waals surface area contributed by atoms with Gasteiger partial charge in [0.05, 0.1) is 23.6 Å². The third kappa shape index (κ3) is 5.25. The zero-order valence-corrected chi connectivity index (χ0v) is 18.6. The number of hydrogen-bond donors (Lipinski definition) is 2. The number of aromatic nitrogens is 4. The van der Waals surface area contributed by atoms with Gasteiger partial charge in [0.15, 0.2) is 5.16 Å². The normalized spacial score (nSPS) is 16.0. The SMILES string of the molecule is Cc1ccc(-n2cnnc2SCC(=O)Nc2ccc(N3CCCC(C(N)=O)C3)nc2)cc1. The number of piperidine rings is 1. The number of benzene rings is 1. The number of anilines is 2. The lowest BCUT2D eigenvalue weighted by Crippen LogP contribution is -2.41. The van der Waals surface area contributed by atoms with Crippen molar-refractivity contribution >= 4 is 35.1 Å². The topological polar surface area (TPSA) is 119 Å². The molecule has 1 unspecified atom stereocenters. The van der Waals surface area contributed by atoms with Gasteiger partial charge in [-0.2, -0.15) is 0 Å². The Bertz CT molecular complexity index is 1080. The Balaban J connectivity index is 1.32. The molecule has 2 amide bonds. The summed E-state index contributed by atoms with van der Waals surface area (Å²) in [6.45, 7) is 3.44. The maximum atomic E-state index is 12.4. The molecule has 1 aromatic carbocycles. The number of pyridine rings is 1. The Morgan fingerprint density at radius 3 is 2.75 bits per heavy atom. The van der Waals surface area contributed by atoms with Crippen LogP contribution in [0.5, 0.6) is 0 Å². The van der Waals surface area contributed by atoms with Gasteiger partial charge in [0.25, 0.3) is 0 Å². The fourth-order valence-corrected chi connectivity index (χ4v) is 4.33. The van der Waals surface area contributed by atoms with Crippen molar-refractivity contribution < 1.29 is 9.59 Å². The first kappa shape index (κ1) is 21.8. The second-order valence-electron chi connectivity index (χ2n) is 7.75. The van der Waals surface area contributed by atoms with E-state index in [1.54, 1.807) is 12.5 Å². The van der Waals surface area contributed by atoms with Crippen LogP contribution >= 0.6 is 11.8 Å². The monoisotopic (exact) mass is 451 g/mol. The first-order valence-electron chi connectivity index (χ1n) is 10.4. The standard InChI is InChI=1S/C22H25N7O2S/c1-15-4-7-18(8-5-15)29-14-25-27-22(29)32-13-20(30)26-17-6-9-19(24-11-17)28-10-2-3-16(12-28)21(23)31/h4-9,11,14,16H,2-3,10,12-13H2,1H3,(H2,23,31)(H,26,30). The van der Waals surface area contributed by atoms with Gasteiger partial charge in [-0.3, -0.25) is 14.2 Å². The number of amides is 2. The van der Waals surface area contributed by atoms with Crippen molar-refractivity contribution in [1.29, 1.82) is 0 Å². The van der Waals surface area contributed by atoms with E-state index >= 15 is 0 Å². The van der Waals surface area contributed by atoms with Gasteiger partial charge in [-0.1, -0.05) is 29.5 Å². The molecule has 1 saturated heterocycles.